The number of benzene rings is 2. The molecule has 0 atom stereocenters. The minimum atomic E-state index is -3.83. The van der Waals surface area contributed by atoms with Crippen LogP contribution in [0.2, 0.25) is 0 Å². The summed E-state index contributed by atoms with van der Waals surface area (Å²) in [5.74, 6) is -0.0918. The molecule has 0 bridgehead atoms. The average molecular weight is 539 g/mol. The summed E-state index contributed by atoms with van der Waals surface area (Å²) in [6.45, 7) is 4.44. The average Bonchev–Trinajstić information content (AvgIpc) is 3.37. The highest BCUT2D eigenvalue weighted by Gasteiger charge is 2.36. The molecule has 0 spiro atoms. The number of carbonyl (C=O) groups is 1. The Morgan fingerprint density at radius 3 is 2.59 bits per heavy atom. The number of sulfonamides is 1. The quantitative estimate of drug-likeness (QED) is 0.341. The van der Waals surface area contributed by atoms with Crippen molar-refractivity contribution in [2.24, 2.45) is 5.92 Å². The number of aliphatic carboxylic acids is 1. The van der Waals surface area contributed by atoms with Gasteiger partial charge < -0.3 is 9.84 Å². The number of hydrogen-bond acceptors (Lipinski definition) is 6. The number of hydrogen-bond donors (Lipinski definition) is 1. The molecule has 9 heteroatoms. The fraction of sp³-hybridized carbons (Fsp3) is 0.357. The van der Waals surface area contributed by atoms with E-state index in [2.05, 4.69) is 4.98 Å². The van der Waals surface area contributed by atoms with Gasteiger partial charge in [-0.2, -0.15) is 8.42 Å². The van der Waals surface area contributed by atoms with Crippen molar-refractivity contribution >= 4 is 39.1 Å². The van der Waals surface area contributed by atoms with Crippen molar-refractivity contribution in [3.05, 3.63) is 75.3 Å². The summed E-state index contributed by atoms with van der Waals surface area (Å²) < 4.78 is 35.6. The minimum absolute atomic E-state index is 0.109. The summed E-state index contributed by atoms with van der Waals surface area (Å²) in [4.78, 5) is 15.1. The van der Waals surface area contributed by atoms with Gasteiger partial charge >= 0.3 is 5.97 Å². The molecule has 7 nitrogen and oxygen atoms in total. The van der Waals surface area contributed by atoms with Gasteiger partial charge in [-0.1, -0.05) is 18.2 Å². The van der Waals surface area contributed by atoms with Gasteiger partial charge in [-0.3, -0.25) is 4.31 Å². The number of fused-ring (bicyclic) bond motifs is 1. The van der Waals surface area contributed by atoms with Gasteiger partial charge in [0.05, 0.1) is 5.69 Å². The maximum Gasteiger partial charge on any atom is 0.328 e. The molecule has 2 aliphatic carbocycles. The summed E-state index contributed by atoms with van der Waals surface area (Å²) >= 11 is 1.15. The molecule has 1 aromatic heterocycles. The number of thiazole rings is 1. The molecular formula is C28H30N2O5S2. The van der Waals surface area contributed by atoms with Crippen LogP contribution >= 0.6 is 11.3 Å². The first-order valence-electron chi connectivity index (χ1n) is 12.4. The van der Waals surface area contributed by atoms with Gasteiger partial charge in [0.2, 0.25) is 4.34 Å². The Balaban J connectivity index is 1.48. The van der Waals surface area contributed by atoms with Crippen molar-refractivity contribution in [2.75, 3.05) is 10.8 Å². The minimum Gasteiger partial charge on any atom is -0.487 e. The molecule has 194 valence electrons. The highest BCUT2D eigenvalue weighted by atomic mass is 32.2. The van der Waals surface area contributed by atoms with Crippen molar-refractivity contribution < 1.29 is 23.1 Å². The molecule has 37 heavy (non-hydrogen) atoms. The number of nitrogens with zero attached hydrogens (tertiary/aromatic N) is 2. The molecule has 0 amide bonds. The second-order valence-corrected chi connectivity index (χ2v) is 12.7. The number of ether oxygens (including phenoxy) is 1. The molecule has 3 aromatic rings. The summed E-state index contributed by atoms with van der Waals surface area (Å²) in [6, 6.07) is 9.70. The van der Waals surface area contributed by atoms with E-state index in [9.17, 15) is 13.2 Å². The van der Waals surface area contributed by atoms with E-state index < -0.39 is 16.0 Å². The Morgan fingerprint density at radius 1 is 1.19 bits per heavy atom. The van der Waals surface area contributed by atoms with Crippen molar-refractivity contribution in [2.45, 2.75) is 56.9 Å². The van der Waals surface area contributed by atoms with Gasteiger partial charge in [-0.25, -0.2) is 9.78 Å². The third-order valence-electron chi connectivity index (χ3n) is 6.84. The molecule has 1 fully saturated rings. The first-order valence-corrected chi connectivity index (χ1v) is 14.8. The van der Waals surface area contributed by atoms with Crippen molar-refractivity contribution in [1.82, 2.24) is 4.98 Å². The third kappa shape index (κ3) is 5.72. The molecule has 2 aromatic carbocycles. The van der Waals surface area contributed by atoms with Gasteiger partial charge in [0, 0.05) is 23.7 Å². The Kier molecular flexibility index (Phi) is 7.09. The smallest absolute Gasteiger partial charge is 0.328 e. The van der Waals surface area contributed by atoms with Crippen molar-refractivity contribution in [3.8, 4) is 5.75 Å². The highest BCUT2D eigenvalue weighted by molar-refractivity contribution is 7.94. The van der Waals surface area contributed by atoms with E-state index in [1.807, 2.05) is 37.3 Å². The van der Waals surface area contributed by atoms with Crippen LogP contribution in [0.3, 0.4) is 0 Å². The van der Waals surface area contributed by atoms with E-state index in [4.69, 9.17) is 9.84 Å². The topological polar surface area (TPSA) is 96.8 Å². The fourth-order valence-corrected chi connectivity index (χ4v) is 7.29. The van der Waals surface area contributed by atoms with Crippen LogP contribution in [-0.2, 0) is 34.3 Å². The van der Waals surface area contributed by atoms with Gasteiger partial charge in [-0.05, 0) is 97.9 Å². The SMILES string of the molecule is Cc1csc(S(=O)(=O)N(CC2CC2)c2cc3c(cc2OCc2ccc(/C=C/C(=O)O)cc2C)CCC3)n1. The van der Waals surface area contributed by atoms with E-state index in [0.29, 0.717) is 29.6 Å². The number of carboxylic acid groups (broad SMARTS) is 1. The second-order valence-electron chi connectivity index (χ2n) is 9.82. The number of aryl methyl sites for hydroxylation is 4. The molecule has 0 saturated heterocycles. The van der Waals surface area contributed by atoms with Crippen LogP contribution in [-0.4, -0.2) is 31.0 Å². The largest absolute Gasteiger partial charge is 0.487 e. The molecular weight excluding hydrogens is 508 g/mol. The lowest BCUT2D eigenvalue weighted by Crippen LogP contribution is -2.33. The molecule has 1 saturated carbocycles. The Hall–Kier alpha value is -3.17. The Labute approximate surface area is 221 Å². The molecule has 0 aliphatic heterocycles. The molecule has 1 heterocycles. The number of aromatic nitrogens is 1. The van der Waals surface area contributed by atoms with Crippen LogP contribution in [0.1, 0.15) is 52.8 Å². The lowest BCUT2D eigenvalue weighted by molar-refractivity contribution is -0.131. The van der Waals surface area contributed by atoms with E-state index in [-0.39, 0.29) is 10.9 Å². The molecule has 0 unspecified atom stereocenters. The van der Waals surface area contributed by atoms with Crippen LogP contribution in [0.4, 0.5) is 5.69 Å². The van der Waals surface area contributed by atoms with Crippen molar-refractivity contribution in [1.29, 1.82) is 0 Å². The van der Waals surface area contributed by atoms with Gasteiger partial charge in [0.15, 0.2) is 0 Å². The lowest BCUT2D eigenvalue weighted by atomic mass is 10.1. The first-order chi connectivity index (χ1) is 17.7. The normalized spacial score (nSPS) is 15.2. The standard InChI is InChI=1S/C28H30N2O5S2/c1-18-12-20(9-11-27(31)32)8-10-24(18)16-35-26-14-23-5-3-4-22(23)13-25(26)30(15-21-6-7-21)37(33,34)28-29-19(2)17-36-28/h8-14,17,21H,3-7,15-16H2,1-2H3,(H,31,32)/b11-9+. The molecule has 0 radical (unpaired) electrons. The van der Waals surface area contributed by atoms with Crippen LogP contribution in [0.5, 0.6) is 5.75 Å². The van der Waals surface area contributed by atoms with E-state index in [1.165, 1.54) is 15.4 Å². The summed E-state index contributed by atoms with van der Waals surface area (Å²) in [5, 5.41) is 10.6. The monoisotopic (exact) mass is 538 g/mol. The zero-order valence-corrected chi connectivity index (χ0v) is 22.6. The molecule has 2 aliphatic rings. The Morgan fingerprint density at radius 2 is 1.95 bits per heavy atom. The predicted molar refractivity (Wildman–Crippen MR) is 145 cm³/mol. The van der Waals surface area contributed by atoms with Gasteiger partial charge in [0.25, 0.3) is 10.0 Å². The molecule has 1 N–H and O–H groups in total. The maximum atomic E-state index is 13.8. The van der Waals surface area contributed by atoms with E-state index >= 15 is 0 Å². The zero-order chi connectivity index (χ0) is 26.2. The van der Waals surface area contributed by atoms with Crippen LogP contribution in [0.25, 0.3) is 6.08 Å². The number of anilines is 1. The van der Waals surface area contributed by atoms with Crippen LogP contribution < -0.4 is 9.04 Å². The van der Waals surface area contributed by atoms with Crippen LogP contribution in [0, 0.1) is 19.8 Å². The zero-order valence-electron chi connectivity index (χ0n) is 20.9. The predicted octanol–water partition coefficient (Wildman–Crippen LogP) is 5.53. The highest BCUT2D eigenvalue weighted by Crippen LogP contribution is 2.42. The van der Waals surface area contributed by atoms with Crippen molar-refractivity contribution in [3.63, 3.8) is 0 Å². The summed E-state index contributed by atoms with van der Waals surface area (Å²) in [5.41, 5.74) is 6.37. The second kappa shape index (κ2) is 10.3. The number of rotatable bonds is 10. The molecule has 5 rings (SSSR count). The van der Waals surface area contributed by atoms with Gasteiger partial charge in [0.1, 0.15) is 12.4 Å². The van der Waals surface area contributed by atoms with E-state index in [0.717, 1.165) is 66.2 Å². The Bertz CT molecular complexity index is 1470. The lowest BCUT2D eigenvalue weighted by Gasteiger charge is -2.26. The number of carboxylic acids is 1. The van der Waals surface area contributed by atoms with Crippen LogP contribution in [0.15, 0.2) is 46.1 Å². The van der Waals surface area contributed by atoms with Gasteiger partial charge in [-0.15, -0.1) is 11.3 Å². The maximum absolute atomic E-state index is 13.8. The third-order valence-corrected chi connectivity index (χ3v) is 9.97. The summed E-state index contributed by atoms with van der Waals surface area (Å²) in [7, 11) is -3.83. The fourth-order valence-electron chi connectivity index (χ4n) is 4.61. The van der Waals surface area contributed by atoms with E-state index in [1.54, 1.807) is 18.4 Å². The summed E-state index contributed by atoms with van der Waals surface area (Å²) in [6.07, 6.45) is 7.64. The first kappa shape index (κ1) is 25.5.